The lowest BCUT2D eigenvalue weighted by atomic mass is 10.00. The first-order valence-electron chi connectivity index (χ1n) is 8.56. The van der Waals surface area contributed by atoms with Crippen LogP contribution in [0.4, 0.5) is 0 Å². The highest BCUT2D eigenvalue weighted by Gasteiger charge is 2.06. The van der Waals surface area contributed by atoms with Crippen molar-refractivity contribution in [3.8, 4) is 0 Å². The number of hydrogen-bond acceptors (Lipinski definition) is 3. The van der Waals surface area contributed by atoms with Crippen molar-refractivity contribution in [1.82, 2.24) is 4.90 Å². The van der Waals surface area contributed by atoms with Crippen LogP contribution in [0.15, 0.2) is 12.2 Å². The molecule has 0 aliphatic heterocycles. The molecule has 0 amide bonds. The minimum Gasteiger partial charge on any atom is -0.462 e. The molecule has 0 radical (unpaired) electrons. The predicted molar refractivity (Wildman–Crippen MR) is 90.4 cm³/mol. The van der Waals surface area contributed by atoms with Gasteiger partial charge in [0.15, 0.2) is 0 Å². The molecule has 0 aliphatic carbocycles. The molecule has 21 heavy (non-hydrogen) atoms. The second kappa shape index (κ2) is 12.9. The standard InChI is InChI=1S/C18H35NO2/c1-6-19(7-2)14-11-9-8-10-12-17(5)13-15-21-18(20)16(3)4/h17H,3,6-15H2,1-2,4-5H3. The van der Waals surface area contributed by atoms with E-state index in [1.807, 2.05) is 0 Å². The minimum atomic E-state index is -0.265. The van der Waals surface area contributed by atoms with Crippen molar-refractivity contribution in [3.05, 3.63) is 12.2 Å². The van der Waals surface area contributed by atoms with Gasteiger partial charge in [0.1, 0.15) is 0 Å². The Balaban J connectivity index is 3.43. The Hall–Kier alpha value is -0.830. The molecule has 0 saturated heterocycles. The Bertz CT molecular complexity index is 285. The number of carbonyl (C=O) groups excluding carboxylic acids is 1. The molecule has 0 aromatic heterocycles. The fourth-order valence-corrected chi connectivity index (χ4v) is 2.34. The van der Waals surface area contributed by atoms with Gasteiger partial charge in [0.05, 0.1) is 6.61 Å². The zero-order valence-corrected chi connectivity index (χ0v) is 14.6. The highest BCUT2D eigenvalue weighted by molar-refractivity contribution is 5.86. The van der Waals surface area contributed by atoms with Crippen LogP contribution in [0.5, 0.6) is 0 Å². The Morgan fingerprint density at radius 3 is 2.29 bits per heavy atom. The van der Waals surface area contributed by atoms with E-state index in [1.165, 1.54) is 38.6 Å². The third kappa shape index (κ3) is 11.5. The van der Waals surface area contributed by atoms with E-state index >= 15 is 0 Å². The molecule has 3 heteroatoms. The van der Waals surface area contributed by atoms with Crippen molar-refractivity contribution in [2.75, 3.05) is 26.2 Å². The number of carbonyl (C=O) groups is 1. The van der Waals surface area contributed by atoms with Crippen LogP contribution in [0, 0.1) is 5.92 Å². The summed E-state index contributed by atoms with van der Waals surface area (Å²) in [5.41, 5.74) is 0.482. The fourth-order valence-electron chi connectivity index (χ4n) is 2.34. The highest BCUT2D eigenvalue weighted by atomic mass is 16.5. The summed E-state index contributed by atoms with van der Waals surface area (Å²) < 4.78 is 5.13. The van der Waals surface area contributed by atoms with E-state index in [1.54, 1.807) is 6.92 Å². The Labute approximate surface area is 131 Å². The molecule has 0 aromatic rings. The van der Waals surface area contributed by atoms with Gasteiger partial charge in [-0.05, 0) is 45.3 Å². The van der Waals surface area contributed by atoms with Crippen molar-refractivity contribution >= 4 is 5.97 Å². The molecule has 3 nitrogen and oxygen atoms in total. The van der Waals surface area contributed by atoms with Crippen LogP contribution < -0.4 is 0 Å². The maximum absolute atomic E-state index is 11.2. The van der Waals surface area contributed by atoms with Crippen molar-refractivity contribution in [2.24, 2.45) is 5.92 Å². The van der Waals surface area contributed by atoms with E-state index in [-0.39, 0.29) is 5.97 Å². The third-order valence-corrected chi connectivity index (χ3v) is 4.01. The SMILES string of the molecule is C=C(C)C(=O)OCCC(C)CCCCCCN(CC)CC. The summed E-state index contributed by atoms with van der Waals surface area (Å²) in [7, 11) is 0. The Morgan fingerprint density at radius 1 is 1.10 bits per heavy atom. The quantitative estimate of drug-likeness (QED) is 0.286. The fraction of sp³-hybridized carbons (Fsp3) is 0.833. The van der Waals surface area contributed by atoms with Gasteiger partial charge in [-0.15, -0.1) is 0 Å². The van der Waals surface area contributed by atoms with E-state index in [2.05, 4.69) is 32.3 Å². The smallest absolute Gasteiger partial charge is 0.333 e. The normalized spacial score (nSPS) is 12.4. The van der Waals surface area contributed by atoms with Gasteiger partial charge in [-0.3, -0.25) is 0 Å². The van der Waals surface area contributed by atoms with Crippen LogP contribution >= 0.6 is 0 Å². The number of hydrogen-bond donors (Lipinski definition) is 0. The second-order valence-corrected chi connectivity index (χ2v) is 6.04. The Morgan fingerprint density at radius 2 is 1.71 bits per heavy atom. The largest absolute Gasteiger partial charge is 0.462 e. The Kier molecular flexibility index (Phi) is 12.4. The summed E-state index contributed by atoms with van der Waals surface area (Å²) in [4.78, 5) is 13.7. The molecule has 1 atom stereocenters. The maximum Gasteiger partial charge on any atom is 0.333 e. The number of esters is 1. The van der Waals surface area contributed by atoms with Gasteiger partial charge < -0.3 is 9.64 Å². The summed E-state index contributed by atoms with van der Waals surface area (Å²) in [5, 5.41) is 0. The lowest BCUT2D eigenvalue weighted by molar-refractivity contribution is -0.139. The van der Waals surface area contributed by atoms with Crippen LogP contribution in [-0.4, -0.2) is 37.1 Å². The number of rotatable bonds is 13. The van der Waals surface area contributed by atoms with Crippen LogP contribution in [0.1, 0.15) is 66.2 Å². The van der Waals surface area contributed by atoms with Gasteiger partial charge in [-0.25, -0.2) is 4.79 Å². The van der Waals surface area contributed by atoms with Crippen molar-refractivity contribution in [2.45, 2.75) is 66.2 Å². The van der Waals surface area contributed by atoms with Gasteiger partial charge in [0, 0.05) is 5.57 Å². The molecule has 1 unspecified atom stereocenters. The molecular weight excluding hydrogens is 262 g/mol. The second-order valence-electron chi connectivity index (χ2n) is 6.04. The van der Waals surface area contributed by atoms with Crippen LogP contribution in [0.3, 0.4) is 0 Å². The molecular formula is C18H35NO2. The topological polar surface area (TPSA) is 29.5 Å². The van der Waals surface area contributed by atoms with Gasteiger partial charge in [0.2, 0.25) is 0 Å². The van der Waals surface area contributed by atoms with E-state index in [0.29, 0.717) is 18.1 Å². The summed E-state index contributed by atoms with van der Waals surface area (Å²) in [6.45, 7) is 16.0. The lowest BCUT2D eigenvalue weighted by Gasteiger charge is -2.17. The molecule has 0 bridgehead atoms. The third-order valence-electron chi connectivity index (χ3n) is 4.01. The van der Waals surface area contributed by atoms with Gasteiger partial charge in [0.25, 0.3) is 0 Å². The molecule has 124 valence electrons. The summed E-state index contributed by atoms with van der Waals surface area (Å²) in [5.74, 6) is 0.365. The predicted octanol–water partition coefficient (Wildman–Crippen LogP) is 4.42. The molecule has 0 rings (SSSR count). The molecule has 0 fully saturated rings. The van der Waals surface area contributed by atoms with Crippen molar-refractivity contribution in [1.29, 1.82) is 0 Å². The molecule has 0 N–H and O–H groups in total. The van der Waals surface area contributed by atoms with Crippen LogP contribution in [0.2, 0.25) is 0 Å². The molecule has 0 heterocycles. The van der Waals surface area contributed by atoms with Crippen molar-refractivity contribution in [3.63, 3.8) is 0 Å². The summed E-state index contributed by atoms with van der Waals surface area (Å²) in [6, 6.07) is 0. The zero-order chi connectivity index (χ0) is 16.1. The lowest BCUT2D eigenvalue weighted by Crippen LogP contribution is -2.23. The van der Waals surface area contributed by atoms with E-state index in [0.717, 1.165) is 19.5 Å². The number of unbranched alkanes of at least 4 members (excludes halogenated alkanes) is 3. The summed E-state index contributed by atoms with van der Waals surface area (Å²) in [6.07, 6.45) is 7.43. The molecule has 0 aliphatic rings. The molecule has 0 aromatic carbocycles. The zero-order valence-electron chi connectivity index (χ0n) is 14.6. The monoisotopic (exact) mass is 297 g/mol. The van der Waals surface area contributed by atoms with Crippen LogP contribution in [-0.2, 0) is 9.53 Å². The maximum atomic E-state index is 11.2. The summed E-state index contributed by atoms with van der Waals surface area (Å²) >= 11 is 0. The molecule has 0 spiro atoms. The highest BCUT2D eigenvalue weighted by Crippen LogP contribution is 2.14. The first-order valence-corrected chi connectivity index (χ1v) is 8.56. The van der Waals surface area contributed by atoms with Crippen LogP contribution in [0.25, 0.3) is 0 Å². The van der Waals surface area contributed by atoms with Gasteiger partial charge in [-0.2, -0.15) is 0 Å². The minimum absolute atomic E-state index is 0.265. The number of ether oxygens (including phenoxy) is 1. The average Bonchev–Trinajstić information content (AvgIpc) is 2.46. The first-order chi connectivity index (χ1) is 10.0. The van der Waals surface area contributed by atoms with E-state index < -0.39 is 0 Å². The van der Waals surface area contributed by atoms with E-state index in [4.69, 9.17) is 4.74 Å². The van der Waals surface area contributed by atoms with Gasteiger partial charge in [-0.1, -0.05) is 53.0 Å². The van der Waals surface area contributed by atoms with E-state index in [9.17, 15) is 4.79 Å². The average molecular weight is 297 g/mol. The first kappa shape index (κ1) is 20.2. The number of nitrogens with zero attached hydrogens (tertiary/aromatic N) is 1. The molecule has 0 saturated carbocycles. The van der Waals surface area contributed by atoms with Gasteiger partial charge >= 0.3 is 5.97 Å². The van der Waals surface area contributed by atoms with Crippen molar-refractivity contribution < 1.29 is 9.53 Å².